The van der Waals surface area contributed by atoms with E-state index in [1.54, 1.807) is 12.3 Å². The summed E-state index contributed by atoms with van der Waals surface area (Å²) in [6.45, 7) is -0.0148. The lowest BCUT2D eigenvalue weighted by atomic mass is 10.1. The molecule has 9 heteroatoms. The Bertz CT molecular complexity index is 473. The maximum absolute atomic E-state index is 11.6. The molecule has 5 N–H and O–H groups in total. The number of nitrogens with zero attached hydrogens (tertiary/aromatic N) is 2. The molecule has 1 aromatic heterocycles. The quantitative estimate of drug-likeness (QED) is 0.461. The number of nitrogens with two attached hydrogens (primary N) is 1. The molecule has 0 aliphatic heterocycles. The van der Waals surface area contributed by atoms with E-state index in [0.29, 0.717) is 0 Å². The molecule has 0 aliphatic carbocycles. The Labute approximate surface area is 114 Å². The predicted molar refractivity (Wildman–Crippen MR) is 66.6 cm³/mol. The van der Waals surface area contributed by atoms with E-state index in [0.717, 1.165) is 0 Å². The van der Waals surface area contributed by atoms with Crippen LogP contribution in [0.1, 0.15) is 12.8 Å². The number of nitrogens with one attached hydrogen (secondary N) is 1. The molecule has 110 valence electrons. The van der Waals surface area contributed by atoms with Gasteiger partial charge < -0.3 is 21.3 Å². The molecule has 20 heavy (non-hydrogen) atoms. The lowest BCUT2D eigenvalue weighted by Crippen LogP contribution is -2.44. The molecular formula is C11H16N4O5. The largest absolute Gasteiger partial charge is 0.480 e. The van der Waals surface area contributed by atoms with Gasteiger partial charge in [-0.2, -0.15) is 5.10 Å². The minimum atomic E-state index is -1.20. The van der Waals surface area contributed by atoms with Crippen LogP contribution in [0, 0.1) is 0 Å². The van der Waals surface area contributed by atoms with E-state index in [2.05, 4.69) is 10.4 Å². The zero-order chi connectivity index (χ0) is 15.1. The monoisotopic (exact) mass is 284 g/mol. The van der Waals surface area contributed by atoms with E-state index in [1.807, 2.05) is 0 Å². The Morgan fingerprint density at radius 3 is 2.50 bits per heavy atom. The highest BCUT2D eigenvalue weighted by molar-refractivity contribution is 5.84. The molecule has 9 nitrogen and oxygen atoms in total. The van der Waals surface area contributed by atoms with Gasteiger partial charge in [0.25, 0.3) is 0 Å². The summed E-state index contributed by atoms with van der Waals surface area (Å²) in [4.78, 5) is 33.1. The Kier molecular flexibility index (Phi) is 5.66. The molecule has 0 unspecified atom stereocenters. The SMILES string of the molecule is N[C@@H](CCC(=O)N[C@@H](Cn1cccn1)C(=O)O)C(=O)O. The van der Waals surface area contributed by atoms with Gasteiger partial charge in [-0.15, -0.1) is 0 Å². The van der Waals surface area contributed by atoms with Gasteiger partial charge in [0, 0.05) is 18.8 Å². The number of aromatic nitrogens is 2. The van der Waals surface area contributed by atoms with Crippen molar-refractivity contribution in [2.45, 2.75) is 31.5 Å². The van der Waals surface area contributed by atoms with Crippen molar-refractivity contribution in [1.82, 2.24) is 15.1 Å². The average Bonchev–Trinajstić information content (AvgIpc) is 2.87. The van der Waals surface area contributed by atoms with E-state index in [1.165, 1.54) is 10.9 Å². The normalized spacial score (nSPS) is 13.4. The average molecular weight is 284 g/mol. The van der Waals surface area contributed by atoms with Crippen LogP contribution in [0.25, 0.3) is 0 Å². The Morgan fingerprint density at radius 1 is 1.30 bits per heavy atom. The lowest BCUT2D eigenvalue weighted by Gasteiger charge is -2.15. The lowest BCUT2D eigenvalue weighted by molar-refractivity contribution is -0.142. The number of carboxylic acid groups (broad SMARTS) is 2. The fourth-order valence-electron chi connectivity index (χ4n) is 1.46. The van der Waals surface area contributed by atoms with Crippen molar-refractivity contribution in [3.05, 3.63) is 18.5 Å². The molecule has 0 saturated heterocycles. The van der Waals surface area contributed by atoms with Gasteiger partial charge in [0.2, 0.25) is 5.91 Å². The van der Waals surface area contributed by atoms with Crippen LogP contribution >= 0.6 is 0 Å². The van der Waals surface area contributed by atoms with Crippen molar-refractivity contribution in [3.63, 3.8) is 0 Å². The second-order valence-corrected chi connectivity index (χ2v) is 4.17. The summed E-state index contributed by atoms with van der Waals surface area (Å²) in [6.07, 6.45) is 2.85. The van der Waals surface area contributed by atoms with Crippen molar-refractivity contribution in [2.75, 3.05) is 0 Å². The Hall–Kier alpha value is -2.42. The minimum absolute atomic E-state index is 0.0148. The summed E-state index contributed by atoms with van der Waals surface area (Å²) in [6, 6.07) is -0.648. The van der Waals surface area contributed by atoms with Crippen molar-refractivity contribution in [2.24, 2.45) is 5.73 Å². The first-order valence-corrected chi connectivity index (χ1v) is 5.88. The van der Waals surface area contributed by atoms with Crippen LogP contribution in [0.5, 0.6) is 0 Å². The maximum atomic E-state index is 11.6. The molecule has 0 fully saturated rings. The standard InChI is InChI=1S/C11H16N4O5/c12-7(10(17)18)2-3-9(16)14-8(11(19)20)6-15-5-1-4-13-15/h1,4-5,7-8H,2-3,6,12H2,(H,14,16)(H,17,18)(H,19,20)/t7-,8-/m0/s1. The summed E-state index contributed by atoms with van der Waals surface area (Å²) >= 11 is 0. The molecule has 0 radical (unpaired) electrons. The molecule has 0 spiro atoms. The van der Waals surface area contributed by atoms with Gasteiger partial charge in [0.15, 0.2) is 0 Å². The van der Waals surface area contributed by atoms with Crippen molar-refractivity contribution in [3.8, 4) is 0 Å². The molecule has 0 bridgehead atoms. The van der Waals surface area contributed by atoms with E-state index >= 15 is 0 Å². The van der Waals surface area contributed by atoms with Gasteiger partial charge in [-0.25, -0.2) is 4.79 Å². The van der Waals surface area contributed by atoms with E-state index in [9.17, 15) is 14.4 Å². The molecular weight excluding hydrogens is 268 g/mol. The third-order valence-electron chi connectivity index (χ3n) is 2.56. The van der Waals surface area contributed by atoms with Crippen LogP contribution < -0.4 is 11.1 Å². The van der Waals surface area contributed by atoms with Gasteiger partial charge in [0.05, 0.1) is 6.54 Å². The summed E-state index contributed by atoms with van der Waals surface area (Å²) in [5, 5.41) is 23.7. The summed E-state index contributed by atoms with van der Waals surface area (Å²) in [5.74, 6) is -2.97. The zero-order valence-electron chi connectivity index (χ0n) is 10.6. The second kappa shape index (κ2) is 7.24. The molecule has 0 aromatic carbocycles. The number of hydrogen-bond acceptors (Lipinski definition) is 5. The maximum Gasteiger partial charge on any atom is 0.328 e. The highest BCUT2D eigenvalue weighted by atomic mass is 16.4. The van der Waals surface area contributed by atoms with Gasteiger partial charge in [-0.05, 0) is 12.5 Å². The van der Waals surface area contributed by atoms with E-state index in [-0.39, 0.29) is 19.4 Å². The van der Waals surface area contributed by atoms with E-state index in [4.69, 9.17) is 15.9 Å². The van der Waals surface area contributed by atoms with Crippen LogP contribution in [0.15, 0.2) is 18.5 Å². The van der Waals surface area contributed by atoms with Crippen LogP contribution in [0.3, 0.4) is 0 Å². The van der Waals surface area contributed by atoms with Gasteiger partial charge in [0.1, 0.15) is 12.1 Å². The molecule has 1 heterocycles. The fraction of sp³-hybridized carbons (Fsp3) is 0.455. The van der Waals surface area contributed by atoms with Gasteiger partial charge in [-0.3, -0.25) is 14.3 Å². The summed E-state index contributed by atoms with van der Waals surface area (Å²) in [5.41, 5.74) is 5.26. The molecule has 0 saturated carbocycles. The number of rotatable bonds is 8. The highest BCUT2D eigenvalue weighted by Gasteiger charge is 2.21. The molecule has 1 rings (SSSR count). The van der Waals surface area contributed by atoms with Crippen molar-refractivity contribution < 1.29 is 24.6 Å². The number of hydrogen-bond donors (Lipinski definition) is 4. The van der Waals surface area contributed by atoms with Crippen LogP contribution in [-0.2, 0) is 20.9 Å². The number of carbonyl (C=O) groups excluding carboxylic acids is 1. The Balaban J connectivity index is 2.47. The predicted octanol–water partition coefficient (Wildman–Crippen LogP) is -1.36. The fourth-order valence-corrected chi connectivity index (χ4v) is 1.46. The number of aliphatic carboxylic acids is 2. The molecule has 1 aromatic rings. The first-order chi connectivity index (χ1) is 9.40. The molecule has 0 aliphatic rings. The van der Waals surface area contributed by atoms with Crippen LogP contribution in [0.2, 0.25) is 0 Å². The van der Waals surface area contributed by atoms with Crippen molar-refractivity contribution in [1.29, 1.82) is 0 Å². The van der Waals surface area contributed by atoms with Gasteiger partial charge in [-0.1, -0.05) is 0 Å². The summed E-state index contributed by atoms with van der Waals surface area (Å²) < 4.78 is 1.38. The number of carbonyl (C=O) groups is 3. The second-order valence-electron chi connectivity index (χ2n) is 4.17. The Morgan fingerprint density at radius 2 is 2.00 bits per heavy atom. The first kappa shape index (κ1) is 15.6. The first-order valence-electron chi connectivity index (χ1n) is 5.88. The number of amides is 1. The number of carboxylic acids is 2. The summed E-state index contributed by atoms with van der Waals surface area (Å²) in [7, 11) is 0. The molecule has 2 atom stereocenters. The third kappa shape index (κ3) is 5.06. The van der Waals surface area contributed by atoms with Crippen LogP contribution in [0.4, 0.5) is 0 Å². The van der Waals surface area contributed by atoms with Crippen molar-refractivity contribution >= 4 is 17.8 Å². The smallest absolute Gasteiger partial charge is 0.328 e. The van der Waals surface area contributed by atoms with Gasteiger partial charge >= 0.3 is 11.9 Å². The third-order valence-corrected chi connectivity index (χ3v) is 2.56. The van der Waals surface area contributed by atoms with E-state index < -0.39 is 29.9 Å². The molecule has 1 amide bonds. The zero-order valence-corrected chi connectivity index (χ0v) is 10.6. The van der Waals surface area contributed by atoms with Crippen LogP contribution in [-0.4, -0.2) is 49.9 Å². The minimum Gasteiger partial charge on any atom is -0.480 e. The topological polar surface area (TPSA) is 148 Å². The highest BCUT2D eigenvalue weighted by Crippen LogP contribution is 1.98.